The van der Waals surface area contributed by atoms with E-state index in [0.29, 0.717) is 5.46 Å². The van der Waals surface area contributed by atoms with Crippen molar-refractivity contribution >= 4 is 12.5 Å². The predicted octanol–water partition coefficient (Wildman–Crippen LogP) is -0.349. The Kier molecular flexibility index (Phi) is 2.23. The molecule has 0 radical (unpaired) electrons. The lowest BCUT2D eigenvalue weighted by atomic mass is 9.75. The first-order valence-corrected chi connectivity index (χ1v) is 3.08. The van der Waals surface area contributed by atoms with Gasteiger partial charge in [-0.25, -0.2) is 0 Å². The van der Waals surface area contributed by atoms with Crippen molar-refractivity contribution in [1.29, 1.82) is 0 Å². The van der Waals surface area contributed by atoms with Crippen LogP contribution in [-0.2, 0) is 0 Å². The maximum atomic E-state index is 10.1. The van der Waals surface area contributed by atoms with Gasteiger partial charge in [-0.2, -0.15) is 0 Å². The normalized spacial score (nSPS) is 9.18. The number of rotatable bonds is 2. The second-order valence-corrected chi connectivity index (χ2v) is 2.07. The average molecular weight is 151 g/mol. The van der Waals surface area contributed by atoms with E-state index in [4.69, 9.17) is 5.02 Å². The molecule has 0 aliphatic carbocycles. The van der Waals surface area contributed by atoms with Crippen LogP contribution < -0.4 is 5.46 Å². The van der Waals surface area contributed by atoms with E-state index >= 15 is 0 Å². The maximum Gasteiger partial charge on any atom is 0.747 e. The van der Waals surface area contributed by atoms with E-state index < -0.39 is 11.9 Å². The van der Waals surface area contributed by atoms with E-state index in [0.717, 1.165) is 0 Å². The summed E-state index contributed by atoms with van der Waals surface area (Å²) in [6, 6.07) is 8.03. The molecule has 0 saturated heterocycles. The van der Waals surface area contributed by atoms with Crippen molar-refractivity contribution < 1.29 is 9.86 Å². The van der Waals surface area contributed by atoms with Gasteiger partial charge < -0.3 is 5.02 Å². The fourth-order valence-electron chi connectivity index (χ4n) is 0.747. The molecule has 0 fully saturated rings. The quantitative estimate of drug-likeness (QED) is 0.357. The molecule has 0 atom stereocenters. The van der Waals surface area contributed by atoms with Gasteiger partial charge in [0.1, 0.15) is 0 Å². The molecule has 1 aromatic carbocycles. The van der Waals surface area contributed by atoms with Gasteiger partial charge in [0.05, 0.1) is 0 Å². The Morgan fingerprint density at radius 3 is 2.36 bits per heavy atom. The van der Waals surface area contributed by atoms with Crippen LogP contribution in [0.25, 0.3) is 0 Å². The molecule has 0 spiro atoms. The van der Waals surface area contributed by atoms with Crippen LogP contribution in [0.4, 0.5) is 0 Å². The first kappa shape index (κ1) is 7.75. The number of benzene rings is 1. The molecule has 0 amide bonds. The Balaban J connectivity index is 2.85. The summed E-state index contributed by atoms with van der Waals surface area (Å²) in [5.41, 5.74) is 0.303. The van der Waals surface area contributed by atoms with Gasteiger partial charge in [-0.05, 0) is 4.83 Å². The molecule has 1 rings (SSSR count). The van der Waals surface area contributed by atoms with E-state index in [9.17, 15) is 10.1 Å². The predicted molar refractivity (Wildman–Crippen MR) is 41.0 cm³/mol. The average Bonchev–Trinajstić information content (AvgIpc) is 2.05. The van der Waals surface area contributed by atoms with Crippen LogP contribution in [0.5, 0.6) is 0 Å². The summed E-state index contributed by atoms with van der Waals surface area (Å²) in [5.74, 6) is 0. The van der Waals surface area contributed by atoms with Crippen LogP contribution in [0.1, 0.15) is 0 Å². The number of hydrogen-bond donors (Lipinski definition) is 1. The number of hydrogen-bond acceptors (Lipinski definition) is 3. The van der Waals surface area contributed by atoms with E-state index in [1.807, 2.05) is 0 Å². The minimum atomic E-state index is -1.60. The van der Waals surface area contributed by atoms with Crippen molar-refractivity contribution in [3.63, 3.8) is 0 Å². The monoisotopic (exact) mass is 151 g/mol. The third-order valence-electron chi connectivity index (χ3n) is 1.30. The van der Waals surface area contributed by atoms with Gasteiger partial charge in [-0.3, -0.25) is 10.1 Å². The highest BCUT2D eigenvalue weighted by atomic mass is 16.6. The Labute approximate surface area is 63.8 Å². The summed E-state index contributed by atoms with van der Waals surface area (Å²) in [7, 11) is -1.60. The summed E-state index contributed by atoms with van der Waals surface area (Å²) >= 11 is 0. The lowest BCUT2D eigenvalue weighted by Crippen LogP contribution is -2.38. The van der Waals surface area contributed by atoms with Crippen molar-refractivity contribution in [3.8, 4) is 0 Å². The third kappa shape index (κ3) is 1.78. The molecule has 11 heavy (non-hydrogen) atoms. The van der Waals surface area contributed by atoms with Crippen LogP contribution in [0.2, 0.25) is 0 Å². The molecule has 0 unspecified atom stereocenters. The SMILES string of the molecule is O=[N+]([O-])B(O)c1ccccc1. The largest absolute Gasteiger partial charge is 0.747 e. The molecule has 0 heterocycles. The van der Waals surface area contributed by atoms with E-state index in [2.05, 4.69) is 0 Å². The maximum absolute atomic E-state index is 10.1. The first-order valence-electron chi connectivity index (χ1n) is 3.08. The Bertz CT molecular complexity index is 251. The van der Waals surface area contributed by atoms with Crippen LogP contribution in [-0.4, -0.2) is 16.9 Å². The highest BCUT2D eigenvalue weighted by molar-refractivity contribution is 6.58. The van der Waals surface area contributed by atoms with Gasteiger partial charge in [-0.15, -0.1) is 0 Å². The molecule has 0 saturated carbocycles. The zero-order chi connectivity index (χ0) is 8.27. The van der Waals surface area contributed by atoms with Gasteiger partial charge in [0, 0.05) is 5.46 Å². The Morgan fingerprint density at radius 2 is 1.91 bits per heavy atom. The van der Waals surface area contributed by atoms with Gasteiger partial charge in [-0.1, -0.05) is 30.3 Å². The van der Waals surface area contributed by atoms with Crippen LogP contribution in [0.3, 0.4) is 0 Å². The van der Waals surface area contributed by atoms with Gasteiger partial charge in [0.25, 0.3) is 0 Å². The summed E-state index contributed by atoms with van der Waals surface area (Å²) < 4.78 is 0. The second-order valence-electron chi connectivity index (χ2n) is 2.07. The lowest BCUT2D eigenvalue weighted by Gasteiger charge is -1.94. The zero-order valence-corrected chi connectivity index (χ0v) is 5.68. The third-order valence-corrected chi connectivity index (χ3v) is 1.30. The molecule has 5 heteroatoms. The molecule has 0 aromatic heterocycles. The zero-order valence-electron chi connectivity index (χ0n) is 5.68. The fraction of sp³-hybridized carbons (Fsp3) is 0. The molecule has 0 aliphatic heterocycles. The van der Waals surface area contributed by atoms with Crippen molar-refractivity contribution in [2.45, 2.75) is 0 Å². The van der Waals surface area contributed by atoms with Gasteiger partial charge in [0.15, 0.2) is 0 Å². The van der Waals surface area contributed by atoms with E-state index in [-0.39, 0.29) is 0 Å². The van der Waals surface area contributed by atoms with Crippen molar-refractivity contribution in [2.75, 3.05) is 0 Å². The van der Waals surface area contributed by atoms with Crippen LogP contribution in [0.15, 0.2) is 30.3 Å². The lowest BCUT2D eigenvalue weighted by molar-refractivity contribution is -0.344. The highest BCUT2D eigenvalue weighted by Crippen LogP contribution is 1.85. The van der Waals surface area contributed by atoms with E-state index in [1.165, 1.54) is 12.1 Å². The molecule has 4 nitrogen and oxygen atoms in total. The van der Waals surface area contributed by atoms with Crippen molar-refractivity contribution in [2.24, 2.45) is 0 Å². The summed E-state index contributed by atoms with van der Waals surface area (Å²) in [6.07, 6.45) is 0. The minimum absolute atomic E-state index is 0.303. The first-order chi connectivity index (χ1) is 5.22. The molecule has 0 aliphatic rings. The topological polar surface area (TPSA) is 63.4 Å². The summed E-state index contributed by atoms with van der Waals surface area (Å²) in [4.78, 5) is 9.31. The molecule has 1 aromatic rings. The van der Waals surface area contributed by atoms with Crippen LogP contribution >= 0.6 is 0 Å². The molecular weight excluding hydrogens is 145 g/mol. The van der Waals surface area contributed by atoms with Crippen LogP contribution in [0, 0.1) is 10.1 Å². The number of nitro groups is 1. The molecular formula is C6H6BNO3. The van der Waals surface area contributed by atoms with Crippen molar-refractivity contribution in [1.82, 2.24) is 0 Å². The minimum Gasteiger partial charge on any atom is -0.382 e. The highest BCUT2D eigenvalue weighted by Gasteiger charge is 2.31. The molecule has 1 N–H and O–H groups in total. The van der Waals surface area contributed by atoms with E-state index in [1.54, 1.807) is 18.2 Å². The Morgan fingerprint density at radius 1 is 1.36 bits per heavy atom. The number of nitrogens with zero attached hydrogens (tertiary/aromatic N) is 1. The Hall–Kier alpha value is -1.36. The standard InChI is InChI=1S/C6H6BNO3/c9-7(8(10)11)6-4-2-1-3-5-6/h1-5,9H. The van der Waals surface area contributed by atoms with Gasteiger partial charge in [0.2, 0.25) is 0 Å². The molecule has 56 valence electrons. The summed E-state index contributed by atoms with van der Waals surface area (Å²) in [5, 5.41) is 19.0. The smallest absolute Gasteiger partial charge is 0.382 e. The second kappa shape index (κ2) is 3.16. The fourth-order valence-corrected chi connectivity index (χ4v) is 0.747. The van der Waals surface area contributed by atoms with Gasteiger partial charge >= 0.3 is 7.05 Å². The van der Waals surface area contributed by atoms with Crippen molar-refractivity contribution in [3.05, 3.63) is 40.4 Å². The summed E-state index contributed by atoms with van der Waals surface area (Å²) in [6.45, 7) is 0. The molecule has 0 bridgehead atoms.